The first-order valence-corrected chi connectivity index (χ1v) is 8.57. The van der Waals surface area contributed by atoms with Crippen molar-refractivity contribution in [3.05, 3.63) is 101 Å². The van der Waals surface area contributed by atoms with Crippen LogP contribution in [0.25, 0.3) is 0 Å². The number of para-hydroxylation sites is 1. The first-order chi connectivity index (χ1) is 14.0. The Bertz CT molecular complexity index is 1050. The van der Waals surface area contributed by atoms with Gasteiger partial charge in [-0.2, -0.15) is 0 Å². The zero-order valence-electron chi connectivity index (χ0n) is 15.0. The van der Waals surface area contributed by atoms with E-state index in [-0.39, 0.29) is 16.9 Å². The lowest BCUT2D eigenvalue weighted by Gasteiger charge is -2.10. The number of carbonyl (C=O) groups is 3. The van der Waals surface area contributed by atoms with Gasteiger partial charge in [0.15, 0.2) is 12.4 Å². The summed E-state index contributed by atoms with van der Waals surface area (Å²) in [6.45, 7) is -0.777. The Morgan fingerprint density at radius 2 is 1.34 bits per heavy atom. The molecule has 0 saturated carbocycles. The van der Waals surface area contributed by atoms with Gasteiger partial charge in [0.1, 0.15) is 17.3 Å². The molecule has 0 aromatic heterocycles. The van der Waals surface area contributed by atoms with Gasteiger partial charge in [-0.1, -0.05) is 54.6 Å². The third kappa shape index (κ3) is 4.70. The number of hydrogen-bond donors (Lipinski definition) is 1. The number of halogens is 2. The van der Waals surface area contributed by atoms with E-state index in [0.717, 1.165) is 18.2 Å². The molecule has 1 N–H and O–H groups in total. The van der Waals surface area contributed by atoms with Crippen LogP contribution in [-0.2, 0) is 9.53 Å². The van der Waals surface area contributed by atoms with E-state index < -0.39 is 35.8 Å². The number of hydrogen-bond acceptors (Lipinski definition) is 4. The molecule has 5 nitrogen and oxygen atoms in total. The largest absolute Gasteiger partial charge is 0.452 e. The van der Waals surface area contributed by atoms with E-state index in [2.05, 4.69) is 0 Å². The van der Waals surface area contributed by atoms with Crippen LogP contribution in [0.1, 0.15) is 26.3 Å². The van der Waals surface area contributed by atoms with Crippen LogP contribution in [0, 0.1) is 11.6 Å². The van der Waals surface area contributed by atoms with E-state index in [1.807, 2.05) is 5.32 Å². The first-order valence-electron chi connectivity index (χ1n) is 8.57. The molecule has 0 saturated heterocycles. The van der Waals surface area contributed by atoms with Crippen molar-refractivity contribution in [3.63, 3.8) is 0 Å². The Kier molecular flexibility index (Phi) is 6.09. The van der Waals surface area contributed by atoms with Gasteiger partial charge in [0.05, 0.1) is 5.56 Å². The number of nitrogens with one attached hydrogen (secondary N) is 1. The van der Waals surface area contributed by atoms with Crippen molar-refractivity contribution < 1.29 is 27.9 Å². The maximum Gasteiger partial charge on any atom is 0.339 e. The van der Waals surface area contributed by atoms with E-state index in [1.54, 1.807) is 42.5 Å². The van der Waals surface area contributed by atoms with E-state index in [4.69, 9.17) is 4.74 Å². The minimum Gasteiger partial charge on any atom is -0.452 e. The molecule has 1 amide bonds. The van der Waals surface area contributed by atoms with Crippen LogP contribution in [0.15, 0.2) is 72.8 Å². The second kappa shape index (κ2) is 8.88. The fourth-order valence-electron chi connectivity index (χ4n) is 2.61. The second-order valence-electron chi connectivity index (χ2n) is 5.96. The van der Waals surface area contributed by atoms with Gasteiger partial charge in [0.25, 0.3) is 5.91 Å². The lowest BCUT2D eigenvalue weighted by Crippen LogP contribution is -2.23. The van der Waals surface area contributed by atoms with Crippen molar-refractivity contribution in [1.29, 1.82) is 0 Å². The molecule has 0 fully saturated rings. The van der Waals surface area contributed by atoms with Gasteiger partial charge in [-0.3, -0.25) is 9.59 Å². The molecule has 3 aromatic rings. The van der Waals surface area contributed by atoms with Crippen LogP contribution in [0.2, 0.25) is 0 Å². The summed E-state index contributed by atoms with van der Waals surface area (Å²) in [5.41, 5.74) is -0.149. The molecule has 0 aliphatic heterocycles. The minimum absolute atomic E-state index is 0.0220. The number of benzene rings is 3. The Balaban J connectivity index is 1.70. The molecular weight excluding hydrogens is 380 g/mol. The minimum atomic E-state index is -0.955. The van der Waals surface area contributed by atoms with Crippen molar-refractivity contribution >= 4 is 23.3 Å². The van der Waals surface area contributed by atoms with Crippen LogP contribution >= 0.6 is 0 Å². The highest BCUT2D eigenvalue weighted by Crippen LogP contribution is 2.18. The Hall–Kier alpha value is -3.87. The zero-order chi connectivity index (χ0) is 20.8. The van der Waals surface area contributed by atoms with Crippen molar-refractivity contribution in [2.24, 2.45) is 0 Å². The third-order valence-electron chi connectivity index (χ3n) is 3.99. The predicted octanol–water partition coefficient (Wildman–Crippen LogP) is 3.99. The first kappa shape index (κ1) is 19.9. The van der Waals surface area contributed by atoms with E-state index in [9.17, 15) is 23.2 Å². The number of carbonyl (C=O) groups excluding carboxylic acids is 3. The molecule has 0 aliphatic carbocycles. The maximum atomic E-state index is 13.6. The van der Waals surface area contributed by atoms with Gasteiger partial charge < -0.3 is 10.1 Å². The summed E-state index contributed by atoms with van der Waals surface area (Å²) >= 11 is 0. The molecule has 0 atom stereocenters. The van der Waals surface area contributed by atoms with E-state index in [1.165, 1.54) is 12.1 Å². The number of ether oxygens (including phenoxy) is 1. The highest BCUT2D eigenvalue weighted by Gasteiger charge is 2.20. The number of esters is 1. The van der Waals surface area contributed by atoms with Gasteiger partial charge in [0, 0.05) is 11.1 Å². The quantitative estimate of drug-likeness (QED) is 0.506. The van der Waals surface area contributed by atoms with E-state index >= 15 is 0 Å². The average molecular weight is 395 g/mol. The zero-order valence-corrected chi connectivity index (χ0v) is 15.0. The monoisotopic (exact) mass is 395 g/mol. The van der Waals surface area contributed by atoms with Crippen LogP contribution in [0.4, 0.5) is 14.5 Å². The summed E-state index contributed by atoms with van der Waals surface area (Å²) in [4.78, 5) is 36.9. The lowest BCUT2D eigenvalue weighted by atomic mass is 9.98. The van der Waals surface area contributed by atoms with Crippen LogP contribution in [0.5, 0.6) is 0 Å². The highest BCUT2D eigenvalue weighted by molar-refractivity contribution is 6.14. The molecule has 7 heteroatoms. The summed E-state index contributed by atoms with van der Waals surface area (Å²) in [5, 5.41) is 2.02. The summed E-state index contributed by atoms with van der Waals surface area (Å²) < 4.78 is 32.1. The Morgan fingerprint density at radius 3 is 2.00 bits per heavy atom. The molecule has 0 heterocycles. The lowest BCUT2D eigenvalue weighted by molar-refractivity contribution is -0.119. The van der Waals surface area contributed by atoms with Crippen LogP contribution in [0.3, 0.4) is 0 Å². The standard InChI is InChI=1S/C22H15F2NO4/c23-17-11-6-12-18(24)20(17)25-19(26)13-29-22(28)16-10-5-4-9-15(16)21(27)14-7-2-1-3-8-14/h1-12H,13H2,(H,25,26). The normalized spacial score (nSPS) is 10.3. The molecule has 0 spiro atoms. The van der Waals surface area contributed by atoms with Gasteiger partial charge in [-0.25, -0.2) is 13.6 Å². The van der Waals surface area contributed by atoms with Crippen LogP contribution < -0.4 is 5.32 Å². The number of rotatable bonds is 6. The predicted molar refractivity (Wildman–Crippen MR) is 102 cm³/mol. The maximum absolute atomic E-state index is 13.6. The molecule has 0 unspecified atom stereocenters. The summed E-state index contributed by atoms with van der Waals surface area (Å²) in [6, 6.07) is 17.5. The number of anilines is 1. The molecule has 146 valence electrons. The van der Waals surface area contributed by atoms with Gasteiger partial charge >= 0.3 is 5.97 Å². The van der Waals surface area contributed by atoms with E-state index in [0.29, 0.717) is 5.56 Å². The summed E-state index contributed by atoms with van der Waals surface area (Å²) in [5.74, 6) is -4.12. The highest BCUT2D eigenvalue weighted by atomic mass is 19.1. The molecule has 0 bridgehead atoms. The molecule has 3 rings (SSSR count). The smallest absolute Gasteiger partial charge is 0.339 e. The van der Waals surface area contributed by atoms with Crippen LogP contribution in [-0.4, -0.2) is 24.3 Å². The number of ketones is 1. The Labute approximate surface area is 164 Å². The molecular formula is C22H15F2NO4. The summed E-state index contributed by atoms with van der Waals surface area (Å²) in [6.07, 6.45) is 0. The molecule has 0 aliphatic rings. The number of amides is 1. The van der Waals surface area contributed by atoms with Gasteiger partial charge in [0.2, 0.25) is 0 Å². The van der Waals surface area contributed by atoms with Crippen molar-refractivity contribution in [2.75, 3.05) is 11.9 Å². The fourth-order valence-corrected chi connectivity index (χ4v) is 2.61. The van der Waals surface area contributed by atoms with Gasteiger partial charge in [-0.05, 0) is 18.2 Å². The average Bonchev–Trinajstić information content (AvgIpc) is 2.75. The SMILES string of the molecule is O=C(COC(=O)c1ccccc1C(=O)c1ccccc1)Nc1c(F)cccc1F. The third-order valence-corrected chi connectivity index (χ3v) is 3.99. The van der Waals surface area contributed by atoms with Crippen molar-refractivity contribution in [2.45, 2.75) is 0 Å². The molecule has 3 aromatic carbocycles. The second-order valence-corrected chi connectivity index (χ2v) is 5.96. The van der Waals surface area contributed by atoms with Crippen molar-refractivity contribution in [1.82, 2.24) is 0 Å². The topological polar surface area (TPSA) is 72.5 Å². The van der Waals surface area contributed by atoms with Crippen molar-refractivity contribution in [3.8, 4) is 0 Å². The van der Waals surface area contributed by atoms with Gasteiger partial charge in [-0.15, -0.1) is 0 Å². The Morgan fingerprint density at radius 1 is 0.759 bits per heavy atom. The fraction of sp³-hybridized carbons (Fsp3) is 0.0455. The molecule has 29 heavy (non-hydrogen) atoms. The molecule has 0 radical (unpaired) electrons. The summed E-state index contributed by atoms with van der Waals surface area (Å²) in [7, 11) is 0.